The number of ketones is 1. The van der Waals surface area contributed by atoms with Crippen molar-refractivity contribution in [2.75, 3.05) is 4.90 Å². The summed E-state index contributed by atoms with van der Waals surface area (Å²) < 4.78 is 0. The Morgan fingerprint density at radius 2 is 1.79 bits per heavy atom. The number of aliphatic hydroxyl groups excluding tert-OH is 1. The monoisotopic (exact) mass is 428 g/mol. The maximum absolute atomic E-state index is 12.9. The highest BCUT2D eigenvalue weighted by Crippen LogP contribution is 2.42. The Hall–Kier alpha value is -3.04. The first-order valence-corrected chi connectivity index (χ1v) is 9.81. The molecule has 29 heavy (non-hydrogen) atoms. The molecule has 1 fully saturated rings. The van der Waals surface area contributed by atoms with E-state index in [2.05, 4.69) is 4.98 Å². The lowest BCUT2D eigenvalue weighted by molar-refractivity contribution is -0.825. The first-order chi connectivity index (χ1) is 14.0. The minimum absolute atomic E-state index is 0.0340. The van der Waals surface area contributed by atoms with E-state index in [1.807, 2.05) is 0 Å². The van der Waals surface area contributed by atoms with Crippen LogP contribution in [0, 0.1) is 0 Å². The molecule has 4 rings (SSSR count). The Bertz CT molecular complexity index is 1100. The molecule has 1 atom stereocenters. The molecular formula is C20H15ClN3O4S+. The second kappa shape index (κ2) is 7.76. The van der Waals surface area contributed by atoms with E-state index in [0.29, 0.717) is 27.0 Å². The van der Waals surface area contributed by atoms with Crippen molar-refractivity contribution < 1.29 is 25.4 Å². The van der Waals surface area contributed by atoms with Gasteiger partial charge >= 0.3 is 5.91 Å². The number of hydrogen-bond acceptors (Lipinski definition) is 6. The molecule has 1 amide bonds. The molecule has 1 aliphatic rings. The number of nitrogens with two attached hydrogens (primary N) is 1. The first kappa shape index (κ1) is 19.3. The highest BCUT2D eigenvalue weighted by Gasteiger charge is 2.47. The van der Waals surface area contributed by atoms with E-state index in [0.717, 1.165) is 5.48 Å². The Balaban J connectivity index is 1.91. The van der Waals surface area contributed by atoms with Crippen LogP contribution in [-0.4, -0.2) is 27.0 Å². The molecule has 0 saturated carbocycles. The minimum Gasteiger partial charge on any atom is -0.507 e. The van der Waals surface area contributed by atoms with Gasteiger partial charge in [0, 0.05) is 34.3 Å². The SMILES string of the molecule is O=C1C(=O)N(c2nccs2)C(c2ccc([NH2+]O)cc2)/C1=C(\O)c1ccc(Cl)cc1. The van der Waals surface area contributed by atoms with Crippen LogP contribution in [0.2, 0.25) is 5.02 Å². The summed E-state index contributed by atoms with van der Waals surface area (Å²) >= 11 is 7.13. The van der Waals surface area contributed by atoms with E-state index in [1.54, 1.807) is 60.1 Å². The van der Waals surface area contributed by atoms with Crippen molar-refractivity contribution >= 4 is 51.2 Å². The maximum Gasteiger partial charge on any atom is 0.301 e. The molecule has 9 heteroatoms. The van der Waals surface area contributed by atoms with Crippen LogP contribution in [0.3, 0.4) is 0 Å². The number of carbonyl (C=O) groups is 2. The number of amides is 1. The zero-order chi connectivity index (χ0) is 20.5. The molecule has 1 unspecified atom stereocenters. The smallest absolute Gasteiger partial charge is 0.301 e. The lowest BCUT2D eigenvalue weighted by atomic mass is 9.95. The van der Waals surface area contributed by atoms with Gasteiger partial charge in [0.25, 0.3) is 5.78 Å². The number of rotatable bonds is 4. The van der Waals surface area contributed by atoms with E-state index in [1.165, 1.54) is 16.2 Å². The fourth-order valence-corrected chi connectivity index (χ4v) is 4.00. The lowest BCUT2D eigenvalue weighted by Crippen LogP contribution is -2.73. The van der Waals surface area contributed by atoms with Gasteiger partial charge in [-0.15, -0.1) is 11.3 Å². The summed E-state index contributed by atoms with van der Waals surface area (Å²) in [6.45, 7) is 0. The fraction of sp³-hybridized carbons (Fsp3) is 0.0500. The third-order valence-electron chi connectivity index (χ3n) is 4.59. The minimum atomic E-state index is -0.857. The van der Waals surface area contributed by atoms with Crippen LogP contribution in [-0.2, 0) is 9.59 Å². The second-order valence-corrected chi connectivity index (χ2v) is 7.60. The van der Waals surface area contributed by atoms with Crippen LogP contribution in [0.5, 0.6) is 0 Å². The number of thiazole rings is 1. The van der Waals surface area contributed by atoms with Crippen LogP contribution in [0.15, 0.2) is 65.7 Å². The highest BCUT2D eigenvalue weighted by molar-refractivity contribution is 7.14. The van der Waals surface area contributed by atoms with Gasteiger partial charge < -0.3 is 5.11 Å². The van der Waals surface area contributed by atoms with Crippen molar-refractivity contribution in [3.8, 4) is 0 Å². The Labute approximate surface area is 174 Å². The molecule has 1 aromatic heterocycles. The van der Waals surface area contributed by atoms with Crippen molar-refractivity contribution in [1.29, 1.82) is 0 Å². The molecule has 0 radical (unpaired) electrons. The Morgan fingerprint density at radius 3 is 2.38 bits per heavy atom. The van der Waals surface area contributed by atoms with Crippen LogP contribution >= 0.6 is 22.9 Å². The van der Waals surface area contributed by atoms with Gasteiger partial charge in [0.05, 0.1) is 11.6 Å². The molecule has 2 heterocycles. The summed E-state index contributed by atoms with van der Waals surface area (Å²) in [5.74, 6) is -1.85. The molecule has 0 aliphatic carbocycles. The zero-order valence-electron chi connectivity index (χ0n) is 14.8. The highest BCUT2D eigenvalue weighted by atomic mass is 35.5. The van der Waals surface area contributed by atoms with Gasteiger partial charge in [-0.05, 0) is 29.8 Å². The Morgan fingerprint density at radius 1 is 1.10 bits per heavy atom. The average Bonchev–Trinajstić information content (AvgIpc) is 3.35. The van der Waals surface area contributed by atoms with Crippen molar-refractivity contribution in [2.45, 2.75) is 6.04 Å². The number of nitrogens with zero attached hydrogens (tertiary/aromatic N) is 2. The van der Waals surface area contributed by atoms with Gasteiger partial charge in [0.1, 0.15) is 5.76 Å². The molecule has 7 nitrogen and oxygen atoms in total. The van der Waals surface area contributed by atoms with Gasteiger partial charge in [-0.2, -0.15) is 5.48 Å². The number of aliphatic hydroxyl groups is 1. The van der Waals surface area contributed by atoms with E-state index >= 15 is 0 Å². The molecule has 1 saturated heterocycles. The number of benzene rings is 2. The molecule has 2 aromatic carbocycles. The van der Waals surface area contributed by atoms with Crippen LogP contribution in [0.4, 0.5) is 10.8 Å². The van der Waals surface area contributed by atoms with E-state index in [-0.39, 0.29) is 11.3 Å². The molecule has 3 aromatic rings. The molecule has 0 spiro atoms. The quantitative estimate of drug-likeness (QED) is 0.195. The number of carbonyl (C=O) groups excluding carboxylic acids is 2. The standard InChI is InChI=1S/C20H14ClN3O4S/c21-13-5-1-12(2-6-13)17(25)15-16(11-3-7-14(23-28)8-4-11)24(19(27)18(15)26)20-22-9-10-29-20/h1-10,16,23,25,28H/p+1/b17-15+. The molecule has 4 N–H and O–H groups in total. The first-order valence-electron chi connectivity index (χ1n) is 8.55. The number of anilines is 1. The fourth-order valence-electron chi connectivity index (χ4n) is 3.21. The predicted octanol–water partition coefficient (Wildman–Crippen LogP) is 3.01. The van der Waals surface area contributed by atoms with Crippen molar-refractivity contribution in [2.24, 2.45) is 0 Å². The number of halogens is 1. The third kappa shape index (κ3) is 3.43. The third-order valence-corrected chi connectivity index (χ3v) is 5.61. The molecule has 146 valence electrons. The lowest BCUT2D eigenvalue weighted by Gasteiger charge is -2.22. The summed E-state index contributed by atoms with van der Waals surface area (Å²) in [7, 11) is 0. The normalized spacial score (nSPS) is 18.4. The second-order valence-electron chi connectivity index (χ2n) is 6.29. The van der Waals surface area contributed by atoms with Crippen molar-refractivity contribution in [3.05, 3.63) is 81.8 Å². The van der Waals surface area contributed by atoms with Crippen LogP contribution < -0.4 is 10.4 Å². The molecular weight excluding hydrogens is 414 g/mol. The number of aromatic nitrogens is 1. The van der Waals surface area contributed by atoms with Gasteiger partial charge in [0.2, 0.25) is 0 Å². The van der Waals surface area contributed by atoms with Crippen LogP contribution in [0.25, 0.3) is 5.76 Å². The van der Waals surface area contributed by atoms with Gasteiger partial charge in [-0.1, -0.05) is 23.7 Å². The van der Waals surface area contributed by atoms with Crippen LogP contribution in [0.1, 0.15) is 17.2 Å². The number of Topliss-reactive ketones (excluding diaryl/α,β-unsaturated/α-hetero) is 1. The summed E-state index contributed by atoms with van der Waals surface area (Å²) in [6.07, 6.45) is 1.54. The summed E-state index contributed by atoms with van der Waals surface area (Å²) in [4.78, 5) is 31.2. The van der Waals surface area contributed by atoms with Crippen molar-refractivity contribution in [3.63, 3.8) is 0 Å². The summed E-state index contributed by atoms with van der Waals surface area (Å²) in [6, 6.07) is 12.2. The summed E-state index contributed by atoms with van der Waals surface area (Å²) in [5, 5.41) is 22.6. The topological polar surface area (TPSA) is 107 Å². The molecule has 0 bridgehead atoms. The predicted molar refractivity (Wildman–Crippen MR) is 108 cm³/mol. The largest absolute Gasteiger partial charge is 0.507 e. The van der Waals surface area contributed by atoms with Gasteiger partial charge in [-0.25, -0.2) is 10.2 Å². The molecule has 1 aliphatic heterocycles. The van der Waals surface area contributed by atoms with Crippen molar-refractivity contribution in [1.82, 2.24) is 4.98 Å². The number of hydrogen-bond donors (Lipinski definition) is 3. The van der Waals surface area contributed by atoms with Gasteiger partial charge in [-0.3, -0.25) is 14.5 Å². The van der Waals surface area contributed by atoms with E-state index in [4.69, 9.17) is 11.6 Å². The average molecular weight is 429 g/mol. The van der Waals surface area contributed by atoms with Gasteiger partial charge in [0.15, 0.2) is 10.8 Å². The van der Waals surface area contributed by atoms with E-state index < -0.39 is 17.7 Å². The Kier molecular flexibility index (Phi) is 5.16. The maximum atomic E-state index is 12.9. The zero-order valence-corrected chi connectivity index (χ0v) is 16.4. The number of quaternary nitrogens is 1. The summed E-state index contributed by atoms with van der Waals surface area (Å²) in [5.41, 5.74) is 2.46. The van der Waals surface area contributed by atoms with E-state index in [9.17, 15) is 19.9 Å².